The molecule has 0 unspecified atom stereocenters. The van der Waals surface area contributed by atoms with Crippen molar-refractivity contribution < 1.29 is 14.4 Å². The summed E-state index contributed by atoms with van der Waals surface area (Å²) < 4.78 is 0.538. The van der Waals surface area contributed by atoms with Crippen molar-refractivity contribution in [3.05, 3.63) is 12.2 Å². The first kappa shape index (κ1) is 18.6. The highest BCUT2D eigenvalue weighted by molar-refractivity contribution is 8.23. The van der Waals surface area contributed by atoms with E-state index in [9.17, 15) is 14.4 Å². The van der Waals surface area contributed by atoms with Gasteiger partial charge in [-0.1, -0.05) is 36.1 Å². The van der Waals surface area contributed by atoms with Crippen LogP contribution < -0.4 is 16.0 Å². The molecule has 7 nitrogen and oxygen atoms in total. The molecule has 1 fully saturated rings. The highest BCUT2D eigenvalue weighted by Crippen LogP contribution is 2.17. The van der Waals surface area contributed by atoms with Gasteiger partial charge in [-0.05, 0) is 6.92 Å². The average Bonchev–Trinajstić information content (AvgIpc) is 2.88. The molecule has 122 valence electrons. The van der Waals surface area contributed by atoms with Crippen LogP contribution in [0.5, 0.6) is 0 Å². The molecule has 0 saturated carbocycles. The number of rotatable bonds is 8. The first-order chi connectivity index (χ1) is 10.4. The number of nitrogens with zero attached hydrogens (tertiary/aromatic N) is 1. The van der Waals surface area contributed by atoms with Crippen LogP contribution in [-0.2, 0) is 14.4 Å². The topological polar surface area (TPSA) is 90.5 Å². The predicted octanol–water partition coefficient (Wildman–Crippen LogP) is -0.755. The van der Waals surface area contributed by atoms with Crippen LogP contribution >= 0.6 is 24.0 Å². The second-order valence-corrected chi connectivity index (χ2v) is 6.50. The Kier molecular flexibility index (Phi) is 8.07. The van der Waals surface area contributed by atoms with E-state index in [2.05, 4.69) is 22.5 Å². The molecule has 0 bridgehead atoms. The molecule has 22 heavy (non-hydrogen) atoms. The van der Waals surface area contributed by atoms with E-state index in [0.717, 1.165) is 11.3 Å². The van der Waals surface area contributed by atoms with Gasteiger partial charge in [-0.25, -0.2) is 0 Å². The van der Waals surface area contributed by atoms with Gasteiger partial charge in [0.2, 0.25) is 17.7 Å². The van der Waals surface area contributed by atoms with E-state index in [-0.39, 0.29) is 31.4 Å². The van der Waals surface area contributed by atoms with Gasteiger partial charge in [0.05, 0.1) is 19.6 Å². The van der Waals surface area contributed by atoms with Crippen molar-refractivity contribution in [2.75, 3.05) is 38.5 Å². The Balaban J connectivity index is 2.15. The van der Waals surface area contributed by atoms with E-state index in [1.165, 1.54) is 16.7 Å². The van der Waals surface area contributed by atoms with Crippen molar-refractivity contribution in [3.63, 3.8) is 0 Å². The first-order valence-electron chi connectivity index (χ1n) is 6.75. The predicted molar refractivity (Wildman–Crippen MR) is 90.5 cm³/mol. The maximum absolute atomic E-state index is 11.8. The fourth-order valence-electron chi connectivity index (χ4n) is 1.58. The summed E-state index contributed by atoms with van der Waals surface area (Å²) in [5.74, 6) is -0.164. The number of thioether (sulfide) groups is 1. The van der Waals surface area contributed by atoms with Crippen LogP contribution in [0.3, 0.4) is 0 Å². The highest BCUT2D eigenvalue weighted by atomic mass is 32.2. The zero-order valence-corrected chi connectivity index (χ0v) is 14.1. The van der Waals surface area contributed by atoms with Gasteiger partial charge in [-0.3, -0.25) is 19.3 Å². The van der Waals surface area contributed by atoms with E-state index < -0.39 is 5.91 Å². The molecule has 0 atom stereocenters. The molecule has 0 aromatic carbocycles. The summed E-state index contributed by atoms with van der Waals surface area (Å²) in [5, 5.41) is 7.80. The molecule has 0 aliphatic carbocycles. The number of hydrogen-bond acceptors (Lipinski definition) is 6. The van der Waals surface area contributed by atoms with Gasteiger partial charge in [-0.2, -0.15) is 0 Å². The van der Waals surface area contributed by atoms with Crippen LogP contribution in [0.25, 0.3) is 0 Å². The molecule has 0 aromatic heterocycles. The standard InChI is InChI=1S/C13H20N4O3S2/c1-9(2)5-14-6-10(18)15-7-11(19)16-8-12(20)17-3-4-22-13(17)21/h14H,1,3-8H2,2H3,(H,15,18)(H,16,19). The molecule has 0 aromatic rings. The Morgan fingerprint density at radius 3 is 2.41 bits per heavy atom. The summed E-state index contributed by atoms with van der Waals surface area (Å²) in [6.45, 7) is 6.48. The minimum atomic E-state index is -0.417. The first-order valence-corrected chi connectivity index (χ1v) is 8.15. The lowest BCUT2D eigenvalue weighted by molar-refractivity contribution is -0.129. The van der Waals surface area contributed by atoms with Crippen molar-refractivity contribution in [1.29, 1.82) is 0 Å². The molecule has 3 N–H and O–H groups in total. The smallest absolute Gasteiger partial charge is 0.247 e. The summed E-state index contributed by atoms with van der Waals surface area (Å²) in [4.78, 5) is 36.3. The number of nitrogens with one attached hydrogen (secondary N) is 3. The third-order valence-corrected chi connectivity index (χ3v) is 4.09. The lowest BCUT2D eigenvalue weighted by atomic mass is 10.3. The SMILES string of the molecule is C=C(C)CNCC(=O)NCC(=O)NCC(=O)N1CCSC1=S. The van der Waals surface area contributed by atoms with Crippen molar-refractivity contribution in [2.45, 2.75) is 6.92 Å². The van der Waals surface area contributed by atoms with Gasteiger partial charge in [0.15, 0.2) is 0 Å². The molecule has 9 heteroatoms. The van der Waals surface area contributed by atoms with Crippen LogP contribution in [0.4, 0.5) is 0 Å². The molecule has 0 spiro atoms. The monoisotopic (exact) mass is 344 g/mol. The van der Waals surface area contributed by atoms with Gasteiger partial charge < -0.3 is 16.0 Å². The second-order valence-electron chi connectivity index (χ2n) is 4.77. The molecule has 3 amide bonds. The van der Waals surface area contributed by atoms with Gasteiger partial charge in [0, 0.05) is 18.8 Å². The summed E-state index contributed by atoms with van der Waals surface area (Å²) >= 11 is 6.47. The summed E-state index contributed by atoms with van der Waals surface area (Å²) in [6.07, 6.45) is 0. The minimum absolute atomic E-state index is 0.109. The van der Waals surface area contributed by atoms with Gasteiger partial charge in [0.1, 0.15) is 4.32 Å². The number of hydrogen-bond donors (Lipinski definition) is 3. The Bertz CT molecular complexity index is 482. The third-order valence-electron chi connectivity index (χ3n) is 2.66. The fourth-order valence-corrected chi connectivity index (χ4v) is 2.82. The number of thiocarbonyl (C=S) groups is 1. The molecular formula is C13H20N4O3S2. The van der Waals surface area contributed by atoms with Crippen molar-refractivity contribution in [3.8, 4) is 0 Å². The van der Waals surface area contributed by atoms with E-state index in [1.54, 1.807) is 0 Å². The Hall–Kier alpha value is -1.45. The average molecular weight is 344 g/mol. The highest BCUT2D eigenvalue weighted by Gasteiger charge is 2.23. The van der Waals surface area contributed by atoms with Crippen LogP contribution in [0.1, 0.15) is 6.92 Å². The largest absolute Gasteiger partial charge is 0.346 e. The Labute approximate surface area is 139 Å². The number of carbonyl (C=O) groups is 3. The quantitative estimate of drug-likeness (QED) is 0.396. The van der Waals surface area contributed by atoms with Crippen LogP contribution in [0.15, 0.2) is 12.2 Å². The van der Waals surface area contributed by atoms with E-state index in [1.807, 2.05) is 6.92 Å². The summed E-state index contributed by atoms with van der Waals surface area (Å²) in [6, 6.07) is 0. The van der Waals surface area contributed by atoms with Crippen LogP contribution in [0, 0.1) is 0 Å². The number of amides is 3. The van der Waals surface area contributed by atoms with Crippen molar-refractivity contribution >= 4 is 46.0 Å². The fraction of sp³-hybridized carbons (Fsp3) is 0.538. The maximum Gasteiger partial charge on any atom is 0.247 e. The van der Waals surface area contributed by atoms with E-state index >= 15 is 0 Å². The van der Waals surface area contributed by atoms with Gasteiger partial charge >= 0.3 is 0 Å². The van der Waals surface area contributed by atoms with Crippen molar-refractivity contribution in [2.24, 2.45) is 0 Å². The molecular weight excluding hydrogens is 324 g/mol. The molecule has 1 aliphatic heterocycles. The molecule has 0 radical (unpaired) electrons. The van der Waals surface area contributed by atoms with Crippen molar-refractivity contribution in [1.82, 2.24) is 20.9 Å². The van der Waals surface area contributed by atoms with Crippen LogP contribution in [0.2, 0.25) is 0 Å². The Morgan fingerprint density at radius 1 is 1.18 bits per heavy atom. The zero-order valence-electron chi connectivity index (χ0n) is 12.4. The number of carbonyl (C=O) groups excluding carboxylic acids is 3. The zero-order chi connectivity index (χ0) is 16.5. The Morgan fingerprint density at radius 2 is 1.82 bits per heavy atom. The molecule has 1 rings (SSSR count). The van der Waals surface area contributed by atoms with E-state index in [0.29, 0.717) is 17.4 Å². The lowest BCUT2D eigenvalue weighted by Crippen LogP contribution is -2.44. The molecule has 1 heterocycles. The summed E-state index contributed by atoms with van der Waals surface area (Å²) in [7, 11) is 0. The maximum atomic E-state index is 11.8. The molecule has 1 saturated heterocycles. The lowest BCUT2D eigenvalue weighted by Gasteiger charge is -2.15. The van der Waals surface area contributed by atoms with E-state index in [4.69, 9.17) is 12.2 Å². The third kappa shape index (κ3) is 7.01. The second kappa shape index (κ2) is 9.54. The molecule has 1 aliphatic rings. The minimum Gasteiger partial charge on any atom is -0.346 e. The van der Waals surface area contributed by atoms with Gasteiger partial charge in [0.25, 0.3) is 0 Å². The normalized spacial score (nSPS) is 13.9. The van der Waals surface area contributed by atoms with Crippen LogP contribution in [-0.4, -0.2) is 65.4 Å². The summed E-state index contributed by atoms with van der Waals surface area (Å²) in [5.41, 5.74) is 0.919. The van der Waals surface area contributed by atoms with Gasteiger partial charge in [-0.15, -0.1) is 0 Å².